The number of imidazole rings is 1. The van der Waals surface area contributed by atoms with Crippen molar-refractivity contribution >= 4 is 16.7 Å². The molecule has 3 rings (SSSR count). The van der Waals surface area contributed by atoms with Crippen molar-refractivity contribution in [1.82, 2.24) is 9.97 Å². The number of fused-ring (bicyclic) bond motifs is 1. The van der Waals surface area contributed by atoms with Crippen molar-refractivity contribution in [1.29, 1.82) is 0 Å². The standard InChI is InChI=1S/C16H17N3/c1-11(13-6-4-3-5-7-13)17-14-8-9-15-16(10-14)19-12(2)18-15/h3-11,17H,1-2H3,(H,18,19). The van der Waals surface area contributed by atoms with Crippen LogP contribution in [0.15, 0.2) is 48.5 Å². The average Bonchev–Trinajstić information content (AvgIpc) is 2.79. The maximum absolute atomic E-state index is 4.41. The summed E-state index contributed by atoms with van der Waals surface area (Å²) in [5.74, 6) is 0.947. The van der Waals surface area contributed by atoms with E-state index in [-0.39, 0.29) is 6.04 Å². The maximum atomic E-state index is 4.41. The number of hydrogen-bond donors (Lipinski definition) is 2. The van der Waals surface area contributed by atoms with Gasteiger partial charge in [0.15, 0.2) is 0 Å². The first-order valence-electron chi connectivity index (χ1n) is 6.50. The molecule has 19 heavy (non-hydrogen) atoms. The molecule has 1 aromatic heterocycles. The Balaban J connectivity index is 1.85. The molecule has 1 unspecified atom stereocenters. The molecule has 0 spiro atoms. The van der Waals surface area contributed by atoms with Crippen molar-refractivity contribution < 1.29 is 0 Å². The average molecular weight is 251 g/mol. The van der Waals surface area contributed by atoms with Crippen LogP contribution < -0.4 is 5.32 Å². The van der Waals surface area contributed by atoms with Gasteiger partial charge in [-0.3, -0.25) is 0 Å². The normalized spacial score (nSPS) is 12.5. The summed E-state index contributed by atoms with van der Waals surface area (Å²) in [5.41, 5.74) is 4.47. The van der Waals surface area contributed by atoms with E-state index in [0.717, 1.165) is 22.5 Å². The summed E-state index contributed by atoms with van der Waals surface area (Å²) in [6.07, 6.45) is 0. The number of aromatic nitrogens is 2. The monoisotopic (exact) mass is 251 g/mol. The summed E-state index contributed by atoms with van der Waals surface area (Å²) in [6, 6.07) is 16.9. The van der Waals surface area contributed by atoms with Crippen LogP contribution in [0.5, 0.6) is 0 Å². The zero-order chi connectivity index (χ0) is 13.2. The smallest absolute Gasteiger partial charge is 0.104 e. The van der Waals surface area contributed by atoms with Gasteiger partial charge in [-0.1, -0.05) is 30.3 Å². The van der Waals surface area contributed by atoms with Crippen LogP contribution in [0.4, 0.5) is 5.69 Å². The molecule has 96 valence electrons. The fourth-order valence-corrected chi connectivity index (χ4v) is 2.30. The van der Waals surface area contributed by atoms with Gasteiger partial charge < -0.3 is 10.3 Å². The molecular weight excluding hydrogens is 234 g/mol. The first-order chi connectivity index (χ1) is 9.22. The minimum Gasteiger partial charge on any atom is -0.378 e. The first-order valence-corrected chi connectivity index (χ1v) is 6.50. The van der Waals surface area contributed by atoms with Gasteiger partial charge in [-0.05, 0) is 37.6 Å². The number of aromatic amines is 1. The van der Waals surface area contributed by atoms with Gasteiger partial charge in [-0.15, -0.1) is 0 Å². The Labute approximate surface area is 112 Å². The highest BCUT2D eigenvalue weighted by Gasteiger charge is 2.06. The predicted octanol–water partition coefficient (Wildman–Crippen LogP) is 4.04. The zero-order valence-corrected chi connectivity index (χ0v) is 11.1. The summed E-state index contributed by atoms with van der Waals surface area (Å²) < 4.78 is 0. The minimum absolute atomic E-state index is 0.280. The Morgan fingerprint density at radius 2 is 1.89 bits per heavy atom. The van der Waals surface area contributed by atoms with E-state index in [1.165, 1.54) is 5.56 Å². The molecule has 3 aromatic rings. The van der Waals surface area contributed by atoms with Gasteiger partial charge in [0.05, 0.1) is 11.0 Å². The molecule has 1 atom stereocenters. The van der Waals surface area contributed by atoms with Crippen LogP contribution in [0.25, 0.3) is 11.0 Å². The third kappa shape index (κ3) is 2.45. The lowest BCUT2D eigenvalue weighted by atomic mass is 10.1. The molecule has 0 saturated carbocycles. The maximum Gasteiger partial charge on any atom is 0.104 e. The molecule has 0 radical (unpaired) electrons. The van der Waals surface area contributed by atoms with Crippen LogP contribution in [0.1, 0.15) is 24.4 Å². The van der Waals surface area contributed by atoms with E-state index in [4.69, 9.17) is 0 Å². The Bertz CT molecular complexity index is 686. The third-order valence-electron chi connectivity index (χ3n) is 3.28. The second-order valence-corrected chi connectivity index (χ2v) is 4.83. The van der Waals surface area contributed by atoms with Crippen LogP contribution in [-0.2, 0) is 0 Å². The minimum atomic E-state index is 0.280. The van der Waals surface area contributed by atoms with Gasteiger partial charge in [-0.2, -0.15) is 0 Å². The molecule has 0 fully saturated rings. The Morgan fingerprint density at radius 3 is 2.68 bits per heavy atom. The molecule has 0 amide bonds. The summed E-state index contributed by atoms with van der Waals surface area (Å²) in [5, 5.41) is 3.51. The summed E-state index contributed by atoms with van der Waals surface area (Å²) in [4.78, 5) is 7.67. The number of hydrogen-bond acceptors (Lipinski definition) is 2. The van der Waals surface area contributed by atoms with Crippen molar-refractivity contribution in [3.63, 3.8) is 0 Å². The molecule has 2 aromatic carbocycles. The molecule has 0 aliphatic rings. The number of nitrogens with zero attached hydrogens (tertiary/aromatic N) is 1. The quantitative estimate of drug-likeness (QED) is 0.737. The van der Waals surface area contributed by atoms with Crippen LogP contribution in [0, 0.1) is 6.92 Å². The lowest BCUT2D eigenvalue weighted by Crippen LogP contribution is -2.06. The van der Waals surface area contributed by atoms with Crippen LogP contribution >= 0.6 is 0 Å². The SMILES string of the molecule is Cc1nc2ccc(NC(C)c3ccccc3)cc2[nH]1. The molecule has 0 bridgehead atoms. The Morgan fingerprint density at radius 1 is 1.11 bits per heavy atom. The largest absolute Gasteiger partial charge is 0.378 e. The molecule has 3 nitrogen and oxygen atoms in total. The van der Waals surface area contributed by atoms with Gasteiger partial charge >= 0.3 is 0 Å². The number of H-pyrrole nitrogens is 1. The third-order valence-corrected chi connectivity index (χ3v) is 3.28. The number of rotatable bonds is 3. The number of aryl methyl sites for hydroxylation is 1. The molecular formula is C16H17N3. The van der Waals surface area contributed by atoms with Crippen molar-refractivity contribution in [3.8, 4) is 0 Å². The van der Waals surface area contributed by atoms with E-state index in [1.54, 1.807) is 0 Å². The van der Waals surface area contributed by atoms with E-state index in [0.29, 0.717) is 0 Å². The first kappa shape index (κ1) is 11.8. The van der Waals surface area contributed by atoms with Crippen molar-refractivity contribution in [3.05, 3.63) is 59.9 Å². The lowest BCUT2D eigenvalue weighted by Gasteiger charge is -2.15. The Kier molecular flexibility index (Phi) is 2.95. The molecule has 0 aliphatic heterocycles. The highest BCUT2D eigenvalue weighted by molar-refractivity contribution is 5.79. The van der Waals surface area contributed by atoms with Crippen LogP contribution in [0.3, 0.4) is 0 Å². The molecule has 0 saturated heterocycles. The van der Waals surface area contributed by atoms with Crippen molar-refractivity contribution in [2.75, 3.05) is 5.32 Å². The van der Waals surface area contributed by atoms with Gasteiger partial charge in [0.2, 0.25) is 0 Å². The van der Waals surface area contributed by atoms with E-state index >= 15 is 0 Å². The van der Waals surface area contributed by atoms with Gasteiger partial charge in [0, 0.05) is 11.7 Å². The predicted molar refractivity (Wildman–Crippen MR) is 79.3 cm³/mol. The van der Waals surface area contributed by atoms with Gasteiger partial charge in [0.1, 0.15) is 5.82 Å². The fourth-order valence-electron chi connectivity index (χ4n) is 2.30. The van der Waals surface area contributed by atoms with E-state index in [1.807, 2.05) is 19.1 Å². The lowest BCUT2D eigenvalue weighted by molar-refractivity contribution is 0.885. The highest BCUT2D eigenvalue weighted by Crippen LogP contribution is 2.22. The van der Waals surface area contributed by atoms with E-state index < -0.39 is 0 Å². The molecule has 1 heterocycles. The highest BCUT2D eigenvalue weighted by atomic mass is 14.9. The van der Waals surface area contributed by atoms with E-state index in [9.17, 15) is 0 Å². The summed E-state index contributed by atoms with van der Waals surface area (Å²) >= 11 is 0. The van der Waals surface area contributed by atoms with Gasteiger partial charge in [0.25, 0.3) is 0 Å². The number of benzene rings is 2. The second-order valence-electron chi connectivity index (χ2n) is 4.83. The van der Waals surface area contributed by atoms with Gasteiger partial charge in [-0.25, -0.2) is 4.98 Å². The summed E-state index contributed by atoms with van der Waals surface area (Å²) in [6.45, 7) is 4.14. The Hall–Kier alpha value is -2.29. The number of anilines is 1. The molecule has 2 N–H and O–H groups in total. The second kappa shape index (κ2) is 4.76. The van der Waals surface area contributed by atoms with Crippen molar-refractivity contribution in [2.24, 2.45) is 0 Å². The molecule has 0 aliphatic carbocycles. The van der Waals surface area contributed by atoms with Crippen LogP contribution in [0.2, 0.25) is 0 Å². The van der Waals surface area contributed by atoms with Crippen LogP contribution in [-0.4, -0.2) is 9.97 Å². The topological polar surface area (TPSA) is 40.7 Å². The summed E-state index contributed by atoms with van der Waals surface area (Å²) in [7, 11) is 0. The van der Waals surface area contributed by atoms with E-state index in [2.05, 4.69) is 58.6 Å². The zero-order valence-electron chi connectivity index (χ0n) is 11.1. The molecule has 3 heteroatoms. The number of nitrogens with one attached hydrogen (secondary N) is 2. The fraction of sp³-hybridized carbons (Fsp3) is 0.188. The van der Waals surface area contributed by atoms with Crippen molar-refractivity contribution in [2.45, 2.75) is 19.9 Å².